The third kappa shape index (κ3) is 3.26. The molecule has 3 aromatic rings. The fraction of sp³-hybridized carbons (Fsp3) is 0.235. The Balaban J connectivity index is 2.23. The van der Waals surface area contributed by atoms with Crippen molar-refractivity contribution in [1.82, 2.24) is 19.7 Å². The van der Waals surface area contributed by atoms with Crippen LogP contribution < -0.4 is 0 Å². The van der Waals surface area contributed by atoms with Crippen molar-refractivity contribution in [2.75, 3.05) is 0 Å². The van der Waals surface area contributed by atoms with Gasteiger partial charge in [-0.2, -0.15) is 0 Å². The van der Waals surface area contributed by atoms with Gasteiger partial charge >= 0.3 is 0 Å². The summed E-state index contributed by atoms with van der Waals surface area (Å²) in [6.45, 7) is 6.29. The number of aromatic nitrogens is 4. The second kappa shape index (κ2) is 6.72. The van der Waals surface area contributed by atoms with Crippen LogP contribution in [0.4, 0.5) is 0 Å². The predicted molar refractivity (Wildman–Crippen MR) is 95.3 cm³/mol. The molecule has 0 amide bonds. The Morgan fingerprint density at radius 2 is 1.83 bits per heavy atom. The molecule has 1 aromatic carbocycles. The van der Waals surface area contributed by atoms with E-state index in [1.54, 1.807) is 24.2 Å². The lowest BCUT2D eigenvalue weighted by Gasteiger charge is -2.14. The van der Waals surface area contributed by atoms with Crippen LogP contribution in [0.3, 0.4) is 0 Å². The third-order valence-corrected chi connectivity index (χ3v) is 4.75. The molecule has 3 rings (SSSR count). The fourth-order valence-corrected chi connectivity index (χ4v) is 3.27. The van der Waals surface area contributed by atoms with E-state index in [0.717, 1.165) is 32.8 Å². The van der Waals surface area contributed by atoms with E-state index in [2.05, 4.69) is 33.6 Å². The van der Waals surface area contributed by atoms with Gasteiger partial charge in [0.25, 0.3) is 0 Å². The molecular formula is C17H17ClN4S. The summed E-state index contributed by atoms with van der Waals surface area (Å²) in [6, 6.07) is 9.75. The maximum Gasteiger partial charge on any atom is 0.196 e. The number of hydrogen-bond acceptors (Lipinski definition) is 4. The minimum absolute atomic E-state index is 0.405. The number of halogens is 1. The van der Waals surface area contributed by atoms with Crippen LogP contribution in [0, 0.1) is 6.92 Å². The van der Waals surface area contributed by atoms with Crippen LogP contribution >= 0.6 is 23.4 Å². The van der Waals surface area contributed by atoms with Crippen LogP contribution in [-0.4, -0.2) is 25.0 Å². The zero-order valence-electron chi connectivity index (χ0n) is 13.2. The molecule has 118 valence electrons. The molecule has 0 unspecified atom stereocenters. The van der Waals surface area contributed by atoms with E-state index in [4.69, 9.17) is 11.6 Å². The van der Waals surface area contributed by atoms with Gasteiger partial charge in [-0.1, -0.05) is 43.3 Å². The standard InChI is InChI=1S/C17H17ClN4S/c1-11(2)23-17-21-20-16(13-7-9-19-10-8-13)22(17)15-6-4-5-14(18)12(15)3/h4-11H,1-3H3. The smallest absolute Gasteiger partial charge is 0.196 e. The molecule has 0 atom stereocenters. The summed E-state index contributed by atoms with van der Waals surface area (Å²) < 4.78 is 2.07. The van der Waals surface area contributed by atoms with Crippen molar-refractivity contribution in [3.8, 4) is 17.1 Å². The van der Waals surface area contributed by atoms with Gasteiger partial charge in [0.2, 0.25) is 0 Å². The van der Waals surface area contributed by atoms with Crippen molar-refractivity contribution in [1.29, 1.82) is 0 Å². The van der Waals surface area contributed by atoms with Crippen LogP contribution in [0.25, 0.3) is 17.1 Å². The van der Waals surface area contributed by atoms with Gasteiger partial charge in [0.15, 0.2) is 11.0 Å². The number of rotatable bonds is 4. The molecule has 0 aliphatic heterocycles. The minimum atomic E-state index is 0.405. The van der Waals surface area contributed by atoms with Crippen LogP contribution in [0.15, 0.2) is 47.9 Å². The normalized spacial score (nSPS) is 11.2. The van der Waals surface area contributed by atoms with Crippen molar-refractivity contribution < 1.29 is 0 Å². The monoisotopic (exact) mass is 344 g/mol. The Kier molecular flexibility index (Phi) is 4.68. The van der Waals surface area contributed by atoms with Crippen LogP contribution in [0.5, 0.6) is 0 Å². The molecule has 0 N–H and O–H groups in total. The van der Waals surface area contributed by atoms with Crippen molar-refractivity contribution in [2.45, 2.75) is 31.2 Å². The van der Waals surface area contributed by atoms with Crippen LogP contribution in [0.1, 0.15) is 19.4 Å². The number of benzene rings is 1. The van der Waals surface area contributed by atoms with E-state index in [-0.39, 0.29) is 0 Å². The SMILES string of the molecule is Cc1c(Cl)cccc1-n1c(SC(C)C)nnc1-c1ccncc1. The quantitative estimate of drug-likeness (QED) is 0.638. The van der Waals surface area contributed by atoms with Crippen molar-refractivity contribution in [3.05, 3.63) is 53.3 Å². The minimum Gasteiger partial charge on any atom is -0.270 e. The van der Waals surface area contributed by atoms with Crippen molar-refractivity contribution in [3.63, 3.8) is 0 Å². The van der Waals surface area contributed by atoms with Gasteiger partial charge in [-0.05, 0) is 36.8 Å². The Morgan fingerprint density at radius 1 is 1.09 bits per heavy atom. The van der Waals surface area contributed by atoms with E-state index in [0.29, 0.717) is 5.25 Å². The van der Waals surface area contributed by atoms with Crippen LogP contribution in [-0.2, 0) is 0 Å². The summed E-state index contributed by atoms with van der Waals surface area (Å²) in [7, 11) is 0. The molecule has 0 aliphatic carbocycles. The zero-order valence-corrected chi connectivity index (χ0v) is 14.8. The molecule has 0 bridgehead atoms. The van der Waals surface area contributed by atoms with Gasteiger partial charge in [-0.3, -0.25) is 9.55 Å². The number of hydrogen-bond donors (Lipinski definition) is 0. The average Bonchev–Trinajstić information content (AvgIpc) is 2.93. The van der Waals surface area contributed by atoms with Gasteiger partial charge in [-0.15, -0.1) is 10.2 Å². The molecule has 2 aromatic heterocycles. The first-order chi connectivity index (χ1) is 11.1. The molecule has 0 spiro atoms. The molecule has 2 heterocycles. The molecule has 0 fully saturated rings. The first-order valence-corrected chi connectivity index (χ1v) is 8.61. The highest BCUT2D eigenvalue weighted by Gasteiger charge is 2.19. The summed E-state index contributed by atoms with van der Waals surface area (Å²) in [5, 5.41) is 10.8. The fourth-order valence-electron chi connectivity index (χ4n) is 2.30. The summed E-state index contributed by atoms with van der Waals surface area (Å²) in [6.07, 6.45) is 3.52. The van der Waals surface area contributed by atoms with Crippen LogP contribution in [0.2, 0.25) is 5.02 Å². The number of thioether (sulfide) groups is 1. The summed E-state index contributed by atoms with van der Waals surface area (Å²) in [5.41, 5.74) is 2.98. The summed E-state index contributed by atoms with van der Waals surface area (Å²) in [4.78, 5) is 4.08. The highest BCUT2D eigenvalue weighted by molar-refractivity contribution is 7.99. The van der Waals surface area contributed by atoms with Gasteiger partial charge in [0.05, 0.1) is 5.69 Å². The lowest BCUT2D eigenvalue weighted by molar-refractivity contribution is 0.874. The van der Waals surface area contributed by atoms with Gasteiger partial charge in [-0.25, -0.2) is 0 Å². The second-order valence-electron chi connectivity index (χ2n) is 5.43. The molecular weight excluding hydrogens is 328 g/mol. The molecule has 0 saturated carbocycles. The molecule has 0 saturated heterocycles. The Morgan fingerprint density at radius 3 is 2.52 bits per heavy atom. The predicted octanol–water partition coefficient (Wildman–Crippen LogP) is 4.79. The molecule has 0 aliphatic rings. The lowest BCUT2D eigenvalue weighted by atomic mass is 10.2. The number of nitrogens with zero attached hydrogens (tertiary/aromatic N) is 4. The topological polar surface area (TPSA) is 43.6 Å². The third-order valence-electron chi connectivity index (χ3n) is 3.39. The Bertz CT molecular complexity index is 815. The number of pyridine rings is 1. The first kappa shape index (κ1) is 16.0. The van der Waals surface area contributed by atoms with Gasteiger partial charge in [0, 0.05) is 28.2 Å². The van der Waals surface area contributed by atoms with E-state index in [9.17, 15) is 0 Å². The maximum atomic E-state index is 6.32. The zero-order chi connectivity index (χ0) is 16.4. The van der Waals surface area contributed by atoms with Gasteiger partial charge < -0.3 is 0 Å². The van der Waals surface area contributed by atoms with E-state index in [1.165, 1.54) is 0 Å². The Labute approximate surface area is 144 Å². The first-order valence-electron chi connectivity index (χ1n) is 7.36. The average molecular weight is 345 g/mol. The van der Waals surface area contributed by atoms with Crippen molar-refractivity contribution >= 4 is 23.4 Å². The van der Waals surface area contributed by atoms with Gasteiger partial charge in [0.1, 0.15) is 0 Å². The largest absolute Gasteiger partial charge is 0.270 e. The molecule has 0 radical (unpaired) electrons. The summed E-state index contributed by atoms with van der Waals surface area (Å²) in [5.74, 6) is 0.793. The van der Waals surface area contributed by atoms with E-state index < -0.39 is 0 Å². The molecule has 6 heteroatoms. The lowest BCUT2D eigenvalue weighted by Crippen LogP contribution is -2.03. The Hall–Kier alpha value is -1.85. The highest BCUT2D eigenvalue weighted by Crippen LogP contribution is 2.32. The highest BCUT2D eigenvalue weighted by atomic mass is 35.5. The second-order valence-corrected chi connectivity index (χ2v) is 7.38. The van der Waals surface area contributed by atoms with E-state index in [1.807, 2.05) is 37.3 Å². The molecule has 4 nitrogen and oxygen atoms in total. The van der Waals surface area contributed by atoms with E-state index >= 15 is 0 Å². The molecule has 23 heavy (non-hydrogen) atoms. The van der Waals surface area contributed by atoms with Crippen molar-refractivity contribution in [2.24, 2.45) is 0 Å². The summed E-state index contributed by atoms with van der Waals surface area (Å²) >= 11 is 8.00. The maximum absolute atomic E-state index is 6.32.